The lowest BCUT2D eigenvalue weighted by Crippen LogP contribution is -2.05. The highest BCUT2D eigenvalue weighted by molar-refractivity contribution is 9.09. The first-order chi connectivity index (χ1) is 7.81. The van der Waals surface area contributed by atoms with Crippen LogP contribution in [0.3, 0.4) is 0 Å². The van der Waals surface area contributed by atoms with Crippen molar-refractivity contribution in [1.29, 1.82) is 0 Å². The molecule has 0 amide bonds. The molecule has 3 heteroatoms. The van der Waals surface area contributed by atoms with Crippen LogP contribution in [0.25, 0.3) is 0 Å². The summed E-state index contributed by atoms with van der Waals surface area (Å²) < 4.78 is 5.08. The zero-order valence-electron chi connectivity index (χ0n) is 10.5. The Morgan fingerprint density at radius 3 is 2.25 bits per heavy atom. The van der Waals surface area contributed by atoms with E-state index in [4.69, 9.17) is 4.74 Å². The number of esters is 1. The summed E-state index contributed by atoms with van der Waals surface area (Å²) in [5.41, 5.74) is 0. The maximum Gasteiger partial charge on any atom is 0.305 e. The fourth-order valence-electron chi connectivity index (χ4n) is 1.47. The van der Waals surface area contributed by atoms with E-state index < -0.39 is 0 Å². The summed E-state index contributed by atoms with van der Waals surface area (Å²) in [6.45, 7) is 2.70. The van der Waals surface area contributed by atoms with E-state index in [2.05, 4.69) is 22.9 Å². The Balaban J connectivity index is 3.09. The van der Waals surface area contributed by atoms with Crippen molar-refractivity contribution in [2.75, 3.05) is 11.9 Å². The molecular weight excluding hydrogens is 268 g/mol. The Bertz CT molecular complexity index is 160. The first-order valence-electron chi connectivity index (χ1n) is 6.52. The molecule has 0 saturated heterocycles. The fraction of sp³-hybridized carbons (Fsp3) is 0.923. The highest BCUT2D eigenvalue weighted by atomic mass is 79.9. The van der Waals surface area contributed by atoms with E-state index in [1.165, 1.54) is 25.7 Å². The molecule has 16 heavy (non-hydrogen) atoms. The number of halogens is 1. The molecule has 0 aromatic carbocycles. The Hall–Kier alpha value is -0.0500. The number of alkyl halides is 1. The van der Waals surface area contributed by atoms with E-state index >= 15 is 0 Å². The molecule has 0 aliphatic rings. The van der Waals surface area contributed by atoms with Gasteiger partial charge in [-0.1, -0.05) is 55.0 Å². The van der Waals surface area contributed by atoms with Gasteiger partial charge in [0.2, 0.25) is 0 Å². The number of carbonyl (C=O) groups is 1. The summed E-state index contributed by atoms with van der Waals surface area (Å²) in [5.74, 6) is -0.0195. The van der Waals surface area contributed by atoms with Crippen LogP contribution in [0.5, 0.6) is 0 Å². The van der Waals surface area contributed by atoms with Gasteiger partial charge in [0.25, 0.3) is 0 Å². The van der Waals surface area contributed by atoms with E-state index in [9.17, 15) is 4.79 Å². The maximum atomic E-state index is 11.2. The predicted molar refractivity (Wildman–Crippen MR) is 72.0 cm³/mol. The lowest BCUT2D eigenvalue weighted by Gasteiger charge is -2.03. The minimum absolute atomic E-state index is 0.0195. The molecule has 0 atom stereocenters. The zero-order chi connectivity index (χ0) is 12.1. The molecule has 2 nitrogen and oxygen atoms in total. The zero-order valence-corrected chi connectivity index (χ0v) is 12.1. The molecule has 0 aliphatic carbocycles. The van der Waals surface area contributed by atoms with Crippen LogP contribution in [-0.2, 0) is 9.53 Å². The van der Waals surface area contributed by atoms with Crippen molar-refractivity contribution in [3.63, 3.8) is 0 Å². The van der Waals surface area contributed by atoms with Gasteiger partial charge in [0, 0.05) is 11.8 Å². The van der Waals surface area contributed by atoms with E-state index in [1.54, 1.807) is 0 Å². The monoisotopic (exact) mass is 292 g/mol. The number of unbranched alkanes of at least 4 members (excludes halogenated alkanes) is 6. The number of hydrogen-bond donors (Lipinski definition) is 0. The normalized spacial score (nSPS) is 10.4. The van der Waals surface area contributed by atoms with Gasteiger partial charge in [-0.15, -0.1) is 0 Å². The molecule has 0 bridgehead atoms. The van der Waals surface area contributed by atoms with Crippen LogP contribution >= 0.6 is 15.9 Å². The van der Waals surface area contributed by atoms with Crippen molar-refractivity contribution in [2.24, 2.45) is 0 Å². The van der Waals surface area contributed by atoms with E-state index in [0.29, 0.717) is 13.0 Å². The van der Waals surface area contributed by atoms with Crippen molar-refractivity contribution < 1.29 is 9.53 Å². The minimum Gasteiger partial charge on any atom is -0.466 e. The number of rotatable bonds is 11. The number of ether oxygens (including phenoxy) is 1. The average molecular weight is 293 g/mol. The second kappa shape index (κ2) is 13.0. The molecule has 0 N–H and O–H groups in total. The Labute approximate surface area is 108 Å². The van der Waals surface area contributed by atoms with E-state index in [-0.39, 0.29) is 5.97 Å². The van der Waals surface area contributed by atoms with Crippen LogP contribution < -0.4 is 0 Å². The van der Waals surface area contributed by atoms with Crippen molar-refractivity contribution in [3.8, 4) is 0 Å². The molecule has 0 unspecified atom stereocenters. The van der Waals surface area contributed by atoms with Crippen LogP contribution in [0, 0.1) is 0 Å². The first kappa shape index (κ1) is 16.0. The SMILES string of the molecule is CCCCOC(=O)CCCCCCCCBr. The average Bonchev–Trinajstić information content (AvgIpc) is 2.28. The third-order valence-electron chi connectivity index (χ3n) is 2.53. The molecule has 0 aromatic rings. The molecule has 0 aliphatic heterocycles. The van der Waals surface area contributed by atoms with Gasteiger partial charge in [0.15, 0.2) is 0 Å². The van der Waals surface area contributed by atoms with E-state index in [0.717, 1.165) is 31.0 Å². The van der Waals surface area contributed by atoms with Gasteiger partial charge in [-0.25, -0.2) is 0 Å². The van der Waals surface area contributed by atoms with Crippen molar-refractivity contribution in [3.05, 3.63) is 0 Å². The largest absolute Gasteiger partial charge is 0.466 e. The molecule has 0 radical (unpaired) electrons. The molecule has 0 spiro atoms. The number of carbonyl (C=O) groups excluding carboxylic acids is 1. The maximum absolute atomic E-state index is 11.2. The molecule has 0 rings (SSSR count). The standard InChI is InChI=1S/C13H25BrO2/c1-2-3-12-16-13(15)10-8-6-4-5-7-9-11-14/h2-12H2,1H3. The Kier molecular flexibility index (Phi) is 13.0. The van der Waals surface area contributed by atoms with Gasteiger partial charge in [-0.3, -0.25) is 4.79 Å². The summed E-state index contributed by atoms with van der Waals surface area (Å²) in [6, 6.07) is 0. The van der Waals surface area contributed by atoms with Gasteiger partial charge < -0.3 is 4.74 Å². The predicted octanol–water partition coefficient (Wildman–Crippen LogP) is 4.46. The Morgan fingerprint density at radius 2 is 1.62 bits per heavy atom. The van der Waals surface area contributed by atoms with Crippen molar-refractivity contribution in [2.45, 2.75) is 64.7 Å². The molecule has 0 aromatic heterocycles. The Morgan fingerprint density at radius 1 is 1.00 bits per heavy atom. The topological polar surface area (TPSA) is 26.3 Å². The van der Waals surface area contributed by atoms with Crippen molar-refractivity contribution in [1.82, 2.24) is 0 Å². The van der Waals surface area contributed by atoms with Crippen LogP contribution in [0.4, 0.5) is 0 Å². The molecular formula is C13H25BrO2. The summed E-state index contributed by atoms with van der Waals surface area (Å²) >= 11 is 3.42. The second-order valence-corrected chi connectivity index (χ2v) is 4.93. The van der Waals surface area contributed by atoms with Crippen molar-refractivity contribution >= 4 is 21.9 Å². The summed E-state index contributed by atoms with van der Waals surface area (Å²) in [6.07, 6.45) is 9.91. The molecule has 0 saturated carbocycles. The fourth-order valence-corrected chi connectivity index (χ4v) is 1.87. The molecule has 0 heterocycles. The first-order valence-corrected chi connectivity index (χ1v) is 7.65. The lowest BCUT2D eigenvalue weighted by atomic mass is 10.1. The van der Waals surface area contributed by atoms with Gasteiger partial charge >= 0.3 is 5.97 Å². The van der Waals surface area contributed by atoms with Gasteiger partial charge in [0.05, 0.1) is 6.61 Å². The quantitative estimate of drug-likeness (QED) is 0.319. The van der Waals surface area contributed by atoms with Crippen LogP contribution in [0.2, 0.25) is 0 Å². The second-order valence-electron chi connectivity index (χ2n) is 4.13. The third-order valence-corrected chi connectivity index (χ3v) is 3.09. The highest BCUT2D eigenvalue weighted by Gasteiger charge is 2.01. The summed E-state index contributed by atoms with van der Waals surface area (Å²) in [5, 5.41) is 1.11. The van der Waals surface area contributed by atoms with Crippen LogP contribution in [0.1, 0.15) is 64.7 Å². The van der Waals surface area contributed by atoms with Crippen LogP contribution in [-0.4, -0.2) is 17.9 Å². The van der Waals surface area contributed by atoms with Gasteiger partial charge in [-0.05, 0) is 19.3 Å². The number of hydrogen-bond acceptors (Lipinski definition) is 2. The molecule has 96 valence electrons. The van der Waals surface area contributed by atoms with Gasteiger partial charge in [0.1, 0.15) is 0 Å². The summed E-state index contributed by atoms with van der Waals surface area (Å²) in [7, 11) is 0. The van der Waals surface area contributed by atoms with Crippen LogP contribution in [0.15, 0.2) is 0 Å². The lowest BCUT2D eigenvalue weighted by molar-refractivity contribution is -0.143. The van der Waals surface area contributed by atoms with Gasteiger partial charge in [-0.2, -0.15) is 0 Å². The van der Waals surface area contributed by atoms with E-state index in [1.807, 2.05) is 0 Å². The summed E-state index contributed by atoms with van der Waals surface area (Å²) in [4.78, 5) is 11.2. The minimum atomic E-state index is -0.0195. The highest BCUT2D eigenvalue weighted by Crippen LogP contribution is 2.08. The third kappa shape index (κ3) is 12.0. The molecule has 0 fully saturated rings. The smallest absolute Gasteiger partial charge is 0.305 e.